The highest BCUT2D eigenvalue weighted by Gasteiger charge is 2.26. The molecule has 2 amide bonds. The molecule has 10 heteroatoms. The van der Waals surface area contributed by atoms with Crippen molar-refractivity contribution in [1.82, 2.24) is 20.2 Å². The molecule has 1 fully saturated rings. The third-order valence-electron chi connectivity index (χ3n) is 4.62. The number of piperidine rings is 1. The number of nitrogens with one attached hydrogen (secondary N) is 1. The Kier molecular flexibility index (Phi) is 5.91. The first-order chi connectivity index (χ1) is 13.9. The Bertz CT molecular complexity index is 948. The number of carboxylic acid groups (broad SMARTS) is 1. The number of carbonyl (C=O) groups excluding carboxylic acids is 2. The zero-order valence-corrected chi connectivity index (χ0v) is 15.8. The van der Waals surface area contributed by atoms with Crippen molar-refractivity contribution in [3.63, 3.8) is 0 Å². The predicted octanol–water partition coefficient (Wildman–Crippen LogP) is 1.38. The minimum atomic E-state index is -1.02. The van der Waals surface area contributed by atoms with E-state index in [1.165, 1.54) is 18.2 Å². The number of esters is 1. The third kappa shape index (κ3) is 4.60. The summed E-state index contributed by atoms with van der Waals surface area (Å²) in [6.07, 6.45) is 1.70. The van der Waals surface area contributed by atoms with Crippen LogP contribution in [0.1, 0.15) is 33.7 Å². The number of aromatic nitrogens is 2. The van der Waals surface area contributed by atoms with Crippen molar-refractivity contribution < 1.29 is 24.2 Å². The molecule has 0 unspecified atom stereocenters. The van der Waals surface area contributed by atoms with Gasteiger partial charge in [-0.3, -0.25) is 4.79 Å². The largest absolute Gasteiger partial charge is 0.465 e. The lowest BCUT2D eigenvalue weighted by atomic mass is 10.1. The van der Waals surface area contributed by atoms with Gasteiger partial charge in [0.25, 0.3) is 5.91 Å². The van der Waals surface area contributed by atoms with E-state index in [2.05, 4.69) is 15.3 Å². The first-order valence-corrected chi connectivity index (χ1v) is 8.99. The summed E-state index contributed by atoms with van der Waals surface area (Å²) in [6, 6.07) is 6.24. The van der Waals surface area contributed by atoms with Gasteiger partial charge in [-0.1, -0.05) is 12.1 Å². The van der Waals surface area contributed by atoms with Crippen molar-refractivity contribution in [1.29, 1.82) is 0 Å². The minimum absolute atomic E-state index is 0.0405. The van der Waals surface area contributed by atoms with Crippen LogP contribution in [0.4, 0.5) is 10.6 Å². The van der Waals surface area contributed by atoms with Gasteiger partial charge in [0.05, 0.1) is 24.6 Å². The number of hydrogen-bond acceptors (Lipinski definition) is 7. The normalized spacial score (nSPS) is 16.2. The van der Waals surface area contributed by atoms with Crippen LogP contribution in [0.2, 0.25) is 0 Å². The standard InChI is InChI=1S/C19H21N5O5/c1-29-18(26)12-5-2-4-11(8-12)14-9-21-16(20)15(23-14)17(25)22-13-6-3-7-24(10-13)19(27)28/h2,4-5,8-9,13H,3,6-7,10H2,1H3,(H2,20,21)(H,22,25)(H,27,28)/t13-/m0/s1. The molecule has 3 rings (SSSR count). The molecule has 2 aromatic rings. The maximum absolute atomic E-state index is 12.7. The molecule has 1 aliphatic rings. The molecule has 1 aromatic carbocycles. The van der Waals surface area contributed by atoms with E-state index in [4.69, 9.17) is 15.6 Å². The fraction of sp³-hybridized carbons (Fsp3) is 0.316. The van der Waals surface area contributed by atoms with E-state index in [1.54, 1.807) is 24.3 Å². The van der Waals surface area contributed by atoms with Crippen LogP contribution in [0.25, 0.3) is 11.3 Å². The molecule has 0 radical (unpaired) electrons. The van der Waals surface area contributed by atoms with Crippen LogP contribution in [0.15, 0.2) is 30.5 Å². The van der Waals surface area contributed by atoms with E-state index in [0.717, 1.165) is 0 Å². The molecule has 2 heterocycles. The van der Waals surface area contributed by atoms with E-state index in [9.17, 15) is 14.4 Å². The Morgan fingerprint density at radius 2 is 2.14 bits per heavy atom. The number of anilines is 1. The van der Waals surface area contributed by atoms with Gasteiger partial charge in [-0.15, -0.1) is 0 Å². The Hall–Kier alpha value is -3.69. The van der Waals surface area contributed by atoms with Crippen LogP contribution >= 0.6 is 0 Å². The van der Waals surface area contributed by atoms with Crippen LogP contribution in [0, 0.1) is 0 Å². The molecule has 0 aliphatic carbocycles. The highest BCUT2D eigenvalue weighted by molar-refractivity contribution is 5.97. The second-order valence-corrected chi connectivity index (χ2v) is 6.60. The summed E-state index contributed by atoms with van der Waals surface area (Å²) in [5, 5.41) is 11.9. The van der Waals surface area contributed by atoms with Crippen molar-refractivity contribution in [2.75, 3.05) is 25.9 Å². The topological polar surface area (TPSA) is 148 Å². The maximum atomic E-state index is 12.7. The van der Waals surface area contributed by atoms with Gasteiger partial charge in [0.1, 0.15) is 0 Å². The first kappa shape index (κ1) is 20.1. The highest BCUT2D eigenvalue weighted by atomic mass is 16.5. The molecule has 10 nitrogen and oxygen atoms in total. The quantitative estimate of drug-likeness (QED) is 0.653. The lowest BCUT2D eigenvalue weighted by molar-refractivity contribution is 0.0600. The second-order valence-electron chi connectivity index (χ2n) is 6.60. The molecular weight excluding hydrogens is 378 g/mol. The van der Waals surface area contributed by atoms with Crippen LogP contribution in [0.5, 0.6) is 0 Å². The molecular formula is C19H21N5O5. The molecule has 0 bridgehead atoms. The van der Waals surface area contributed by atoms with Gasteiger partial charge in [0, 0.05) is 24.7 Å². The monoisotopic (exact) mass is 399 g/mol. The first-order valence-electron chi connectivity index (χ1n) is 8.99. The summed E-state index contributed by atoms with van der Waals surface area (Å²) in [6.45, 7) is 0.644. The van der Waals surface area contributed by atoms with Gasteiger partial charge in [-0.2, -0.15) is 0 Å². The Labute approximate surface area is 166 Å². The number of rotatable bonds is 4. The molecule has 1 aliphatic heterocycles. The van der Waals surface area contributed by atoms with Crippen LogP contribution in [-0.2, 0) is 4.74 Å². The summed E-state index contributed by atoms with van der Waals surface area (Å²) in [4.78, 5) is 45.2. The molecule has 1 atom stereocenters. The van der Waals surface area contributed by atoms with Crippen molar-refractivity contribution in [2.24, 2.45) is 0 Å². The molecule has 0 saturated carbocycles. The number of hydrogen-bond donors (Lipinski definition) is 3. The van der Waals surface area contributed by atoms with E-state index in [1.807, 2.05) is 0 Å². The molecule has 1 saturated heterocycles. The lowest BCUT2D eigenvalue weighted by Gasteiger charge is -2.31. The van der Waals surface area contributed by atoms with E-state index in [-0.39, 0.29) is 24.1 Å². The number of nitrogens with zero attached hydrogens (tertiary/aromatic N) is 3. The number of amides is 2. The summed E-state index contributed by atoms with van der Waals surface area (Å²) in [5.74, 6) is -1.06. The molecule has 0 spiro atoms. The average molecular weight is 399 g/mol. The minimum Gasteiger partial charge on any atom is -0.465 e. The molecule has 29 heavy (non-hydrogen) atoms. The van der Waals surface area contributed by atoms with Gasteiger partial charge in [0.15, 0.2) is 11.5 Å². The molecule has 152 valence electrons. The third-order valence-corrected chi connectivity index (χ3v) is 4.62. The van der Waals surface area contributed by atoms with Gasteiger partial charge in [-0.25, -0.2) is 19.6 Å². The number of methoxy groups -OCH3 is 1. The lowest BCUT2D eigenvalue weighted by Crippen LogP contribution is -2.49. The Morgan fingerprint density at radius 1 is 1.34 bits per heavy atom. The zero-order valence-electron chi connectivity index (χ0n) is 15.8. The SMILES string of the molecule is COC(=O)c1cccc(-c2cnc(N)c(C(=O)N[C@H]3CCCN(C(=O)O)C3)n2)c1. The van der Waals surface area contributed by atoms with Crippen molar-refractivity contribution in [3.8, 4) is 11.3 Å². The fourth-order valence-electron chi connectivity index (χ4n) is 3.15. The van der Waals surface area contributed by atoms with E-state index in [0.29, 0.717) is 36.2 Å². The second kappa shape index (κ2) is 8.55. The number of likely N-dealkylation sites (tertiary alicyclic amines) is 1. The van der Waals surface area contributed by atoms with Crippen molar-refractivity contribution in [2.45, 2.75) is 18.9 Å². The predicted molar refractivity (Wildman–Crippen MR) is 103 cm³/mol. The van der Waals surface area contributed by atoms with E-state index < -0.39 is 18.0 Å². The van der Waals surface area contributed by atoms with Gasteiger partial charge < -0.3 is 25.8 Å². The maximum Gasteiger partial charge on any atom is 0.407 e. The van der Waals surface area contributed by atoms with Crippen LogP contribution in [-0.4, -0.2) is 64.2 Å². The smallest absolute Gasteiger partial charge is 0.407 e. The number of carbonyl (C=O) groups is 3. The van der Waals surface area contributed by atoms with Crippen LogP contribution in [0.3, 0.4) is 0 Å². The number of benzene rings is 1. The van der Waals surface area contributed by atoms with Gasteiger partial charge in [-0.05, 0) is 25.0 Å². The van der Waals surface area contributed by atoms with E-state index >= 15 is 0 Å². The number of ether oxygens (including phenoxy) is 1. The molecule has 1 aromatic heterocycles. The Balaban J connectivity index is 1.81. The summed E-state index contributed by atoms with van der Waals surface area (Å²) in [7, 11) is 1.29. The zero-order chi connectivity index (χ0) is 21.0. The van der Waals surface area contributed by atoms with Gasteiger partial charge in [0.2, 0.25) is 0 Å². The highest BCUT2D eigenvalue weighted by Crippen LogP contribution is 2.20. The number of nitrogen functional groups attached to an aromatic ring is 1. The summed E-state index contributed by atoms with van der Waals surface area (Å²) < 4.78 is 4.71. The Morgan fingerprint density at radius 3 is 2.86 bits per heavy atom. The summed E-state index contributed by atoms with van der Waals surface area (Å²) >= 11 is 0. The summed E-state index contributed by atoms with van der Waals surface area (Å²) in [5.41, 5.74) is 7.06. The van der Waals surface area contributed by atoms with Crippen LogP contribution < -0.4 is 11.1 Å². The average Bonchev–Trinajstić information content (AvgIpc) is 2.73. The van der Waals surface area contributed by atoms with Crippen molar-refractivity contribution in [3.05, 3.63) is 41.7 Å². The van der Waals surface area contributed by atoms with Gasteiger partial charge >= 0.3 is 12.1 Å². The number of nitrogens with two attached hydrogens (primary N) is 1. The molecule has 4 N–H and O–H groups in total. The fourth-order valence-corrected chi connectivity index (χ4v) is 3.15. The van der Waals surface area contributed by atoms with Crippen molar-refractivity contribution >= 4 is 23.8 Å².